The normalized spacial score (nSPS) is 21.8. The van der Waals surface area contributed by atoms with Gasteiger partial charge < -0.3 is 9.64 Å². The minimum Gasteiger partial charge on any atom is -0.444 e. The summed E-state index contributed by atoms with van der Waals surface area (Å²) in [7, 11) is -5.14. The van der Waals surface area contributed by atoms with Crippen molar-refractivity contribution in [1.82, 2.24) is 14.3 Å². The van der Waals surface area contributed by atoms with Crippen LogP contribution in [0.25, 0.3) is 0 Å². The van der Waals surface area contributed by atoms with Gasteiger partial charge in [0.15, 0.2) is 0 Å². The van der Waals surface area contributed by atoms with Gasteiger partial charge in [0, 0.05) is 20.0 Å². The summed E-state index contributed by atoms with van der Waals surface area (Å²) in [6, 6.07) is 7.63. The Morgan fingerprint density at radius 3 is 2.32 bits per heavy atom. The number of benzene rings is 1. The summed E-state index contributed by atoms with van der Waals surface area (Å²) in [6.07, 6.45) is -0.872. The van der Waals surface area contributed by atoms with Crippen molar-refractivity contribution in [2.75, 3.05) is 20.4 Å². The summed E-state index contributed by atoms with van der Waals surface area (Å²) in [5.74, 6) is -0.732. The topological polar surface area (TPSA) is 148 Å². The average molecular weight is 478 g/mol. The second kappa shape index (κ2) is 10.4. The molecule has 13 heteroatoms. The first kappa shape index (κ1) is 25.0. The molecule has 2 amide bonds. The highest BCUT2D eigenvalue weighted by Gasteiger charge is 2.39. The molecule has 1 aromatic carbocycles. The monoisotopic (exact) mass is 477 g/mol. The Morgan fingerprint density at radius 1 is 1.10 bits per heavy atom. The van der Waals surface area contributed by atoms with Crippen LogP contribution in [-0.2, 0) is 40.6 Å². The third kappa shape index (κ3) is 8.44. The van der Waals surface area contributed by atoms with E-state index in [1.807, 2.05) is 0 Å². The molecule has 0 unspecified atom stereocenters. The van der Waals surface area contributed by atoms with Gasteiger partial charge >= 0.3 is 16.3 Å². The lowest BCUT2D eigenvalue weighted by atomic mass is 9.83. The van der Waals surface area contributed by atoms with Gasteiger partial charge in [-0.15, -0.1) is 0 Å². The van der Waals surface area contributed by atoms with Crippen molar-refractivity contribution in [2.45, 2.75) is 38.0 Å². The van der Waals surface area contributed by atoms with Gasteiger partial charge in [-0.25, -0.2) is 9.52 Å². The van der Waals surface area contributed by atoms with Crippen LogP contribution in [0.3, 0.4) is 0 Å². The van der Waals surface area contributed by atoms with Crippen molar-refractivity contribution < 1.29 is 35.3 Å². The summed E-state index contributed by atoms with van der Waals surface area (Å²) in [5.41, 5.74) is 0.668. The Kier molecular flexibility index (Phi) is 8.40. The fraction of sp³-hybridized carbons (Fsp3) is 0.556. The van der Waals surface area contributed by atoms with Crippen LogP contribution in [0.5, 0.6) is 0 Å². The zero-order valence-corrected chi connectivity index (χ0v) is 19.1. The number of ether oxygens (including phenoxy) is 1. The molecule has 1 aromatic rings. The average Bonchev–Trinajstić information content (AvgIpc) is 2.66. The molecule has 0 saturated heterocycles. The highest BCUT2D eigenvalue weighted by Crippen LogP contribution is 2.29. The van der Waals surface area contributed by atoms with E-state index in [9.17, 15) is 26.4 Å². The van der Waals surface area contributed by atoms with Crippen LogP contribution in [0.4, 0.5) is 4.79 Å². The zero-order valence-electron chi connectivity index (χ0n) is 17.5. The number of nitrogens with zero attached hydrogens (tertiary/aromatic N) is 1. The van der Waals surface area contributed by atoms with Crippen molar-refractivity contribution in [3.8, 4) is 0 Å². The lowest BCUT2D eigenvalue weighted by Crippen LogP contribution is -2.54. The van der Waals surface area contributed by atoms with Crippen LogP contribution >= 0.6 is 0 Å². The van der Waals surface area contributed by atoms with E-state index in [2.05, 4.69) is 4.72 Å². The predicted octanol–water partition coefficient (Wildman–Crippen LogP) is 0.349. The zero-order chi connectivity index (χ0) is 23.2. The van der Waals surface area contributed by atoms with Gasteiger partial charge in [0.1, 0.15) is 6.61 Å². The molecule has 11 nitrogen and oxygen atoms in total. The minimum absolute atomic E-state index is 0.0111. The van der Waals surface area contributed by atoms with Gasteiger partial charge in [0.05, 0.1) is 18.4 Å². The number of carbonyl (C=O) groups excluding carboxylic acids is 2. The molecular formula is C18H27N3O8S2. The second-order valence-corrected chi connectivity index (χ2v) is 10.5. The standard InChI is InChI=1S/C18H27N3O8S2/c1-21(2)17(22)14-9-10-16(29-30(3,24)25)15(11-14)19-31(26,27)20-18(23)28-12-13-7-5-4-6-8-13/h4-8,14-16,19H,9-12H2,1-3H3,(H,20,23)/t14-,15+,16+/m0/s1. The van der Waals surface area contributed by atoms with Crippen molar-refractivity contribution in [2.24, 2.45) is 5.92 Å². The first-order valence-corrected chi connectivity index (χ1v) is 12.8. The Hall–Kier alpha value is -2.22. The number of hydrogen-bond donors (Lipinski definition) is 2. The van der Waals surface area contributed by atoms with Crippen molar-refractivity contribution in [1.29, 1.82) is 0 Å². The minimum atomic E-state index is -4.42. The van der Waals surface area contributed by atoms with E-state index in [-0.39, 0.29) is 25.4 Å². The molecule has 1 aliphatic rings. The second-order valence-electron chi connectivity index (χ2n) is 7.47. The molecule has 2 N–H and O–H groups in total. The fourth-order valence-corrected chi connectivity index (χ4v) is 4.95. The summed E-state index contributed by atoms with van der Waals surface area (Å²) in [6.45, 7) is -0.134. The maximum Gasteiger partial charge on any atom is 0.422 e. The lowest BCUT2D eigenvalue weighted by Gasteiger charge is -2.35. The van der Waals surface area contributed by atoms with Crippen molar-refractivity contribution >= 4 is 32.3 Å². The molecule has 0 bridgehead atoms. The number of carbonyl (C=O) groups is 2. The fourth-order valence-electron chi connectivity index (χ4n) is 3.29. The van der Waals surface area contributed by atoms with E-state index in [0.29, 0.717) is 12.0 Å². The highest BCUT2D eigenvalue weighted by atomic mass is 32.2. The quantitative estimate of drug-likeness (QED) is 0.510. The molecule has 0 aromatic heterocycles. The van der Waals surface area contributed by atoms with Crippen LogP contribution in [0.1, 0.15) is 24.8 Å². The van der Waals surface area contributed by atoms with Gasteiger partial charge in [0.25, 0.3) is 10.1 Å². The Labute approximate surface area is 182 Å². The highest BCUT2D eigenvalue weighted by molar-refractivity contribution is 7.88. The van der Waals surface area contributed by atoms with Crippen LogP contribution in [0.2, 0.25) is 0 Å². The van der Waals surface area contributed by atoms with E-state index in [4.69, 9.17) is 8.92 Å². The summed E-state index contributed by atoms with van der Waals surface area (Å²) < 4.78 is 61.8. The molecule has 1 saturated carbocycles. The molecule has 0 aliphatic heterocycles. The van der Waals surface area contributed by atoms with Crippen LogP contribution in [0.15, 0.2) is 30.3 Å². The Bertz CT molecular complexity index is 980. The summed E-state index contributed by atoms with van der Waals surface area (Å²) >= 11 is 0. The first-order valence-electron chi connectivity index (χ1n) is 9.46. The summed E-state index contributed by atoms with van der Waals surface area (Å²) in [4.78, 5) is 25.6. The van der Waals surface area contributed by atoms with Crippen molar-refractivity contribution in [3.63, 3.8) is 0 Å². The third-order valence-electron chi connectivity index (χ3n) is 4.61. The van der Waals surface area contributed by atoms with Crippen molar-refractivity contribution in [3.05, 3.63) is 35.9 Å². The smallest absolute Gasteiger partial charge is 0.422 e. The van der Waals surface area contributed by atoms with E-state index < -0.39 is 44.5 Å². The first-order chi connectivity index (χ1) is 14.4. The number of nitrogens with one attached hydrogen (secondary N) is 2. The van der Waals surface area contributed by atoms with Crippen LogP contribution in [-0.4, -0.2) is 66.2 Å². The Morgan fingerprint density at radius 2 is 1.74 bits per heavy atom. The van der Waals surface area contributed by atoms with E-state index in [0.717, 1.165) is 6.26 Å². The van der Waals surface area contributed by atoms with Gasteiger partial charge in [-0.1, -0.05) is 30.3 Å². The largest absolute Gasteiger partial charge is 0.444 e. The summed E-state index contributed by atoms with van der Waals surface area (Å²) in [5, 5.41) is 0. The maximum absolute atomic E-state index is 12.4. The van der Waals surface area contributed by atoms with Gasteiger partial charge in [-0.2, -0.15) is 21.6 Å². The van der Waals surface area contributed by atoms with Crippen LogP contribution < -0.4 is 9.44 Å². The lowest BCUT2D eigenvalue weighted by molar-refractivity contribution is -0.134. The molecule has 0 spiro atoms. The maximum atomic E-state index is 12.4. The number of amides is 2. The van der Waals surface area contributed by atoms with Gasteiger partial charge in [-0.05, 0) is 24.8 Å². The molecule has 174 valence electrons. The number of rotatable bonds is 8. The predicted molar refractivity (Wildman–Crippen MR) is 111 cm³/mol. The van der Waals surface area contributed by atoms with E-state index in [1.54, 1.807) is 49.1 Å². The molecule has 1 fully saturated rings. The molecule has 31 heavy (non-hydrogen) atoms. The molecule has 1 aliphatic carbocycles. The molecule has 3 atom stereocenters. The molecular weight excluding hydrogens is 450 g/mol. The van der Waals surface area contributed by atoms with Gasteiger partial charge in [0.2, 0.25) is 5.91 Å². The molecule has 0 radical (unpaired) electrons. The SMILES string of the molecule is CN(C)C(=O)[C@H]1CC[C@@H](OS(C)(=O)=O)[C@H](NS(=O)(=O)NC(=O)OCc2ccccc2)C1. The van der Waals surface area contributed by atoms with Gasteiger partial charge in [-0.3, -0.25) is 8.98 Å². The number of hydrogen-bond acceptors (Lipinski definition) is 8. The molecule has 2 rings (SSSR count). The van der Waals surface area contributed by atoms with Crippen LogP contribution in [0, 0.1) is 5.92 Å². The molecule has 0 heterocycles. The van der Waals surface area contributed by atoms with E-state index in [1.165, 1.54) is 4.90 Å². The Balaban J connectivity index is 2.05. The van der Waals surface area contributed by atoms with E-state index >= 15 is 0 Å². The third-order valence-corrected chi connectivity index (χ3v) is 6.26.